The quantitative estimate of drug-likeness (QED) is 0.669. The van der Waals surface area contributed by atoms with Gasteiger partial charge in [0.25, 0.3) is 0 Å². The second kappa shape index (κ2) is 11.9. The van der Waals surface area contributed by atoms with Crippen LogP contribution in [0.1, 0.15) is 11.1 Å². The highest BCUT2D eigenvalue weighted by Crippen LogP contribution is 2.31. The molecule has 0 spiro atoms. The van der Waals surface area contributed by atoms with Crippen LogP contribution in [0.4, 0.5) is 4.39 Å². The summed E-state index contributed by atoms with van der Waals surface area (Å²) >= 11 is 0. The van der Waals surface area contributed by atoms with Gasteiger partial charge >= 0.3 is 11.9 Å². The summed E-state index contributed by atoms with van der Waals surface area (Å²) in [5.41, 5.74) is 2.17. The van der Waals surface area contributed by atoms with E-state index in [0.29, 0.717) is 0 Å². The molecule has 8 nitrogen and oxygen atoms in total. The predicted molar refractivity (Wildman–Crippen MR) is 112 cm³/mol. The van der Waals surface area contributed by atoms with E-state index in [1.165, 1.54) is 6.07 Å². The van der Waals surface area contributed by atoms with E-state index >= 15 is 0 Å². The average Bonchev–Trinajstić information content (AvgIpc) is 2.75. The number of methoxy groups -OCH3 is 2. The summed E-state index contributed by atoms with van der Waals surface area (Å²) in [6, 6.07) is 12.9. The number of benzene rings is 2. The molecule has 0 unspecified atom stereocenters. The van der Waals surface area contributed by atoms with Crippen LogP contribution in [-0.2, 0) is 22.7 Å². The van der Waals surface area contributed by atoms with Gasteiger partial charge in [-0.25, -0.2) is 14.0 Å². The normalized spacial score (nSPS) is 14.3. The largest absolute Gasteiger partial charge is 0.493 e. The Kier molecular flexibility index (Phi) is 9.23. The van der Waals surface area contributed by atoms with Gasteiger partial charge in [-0.2, -0.15) is 0 Å². The Morgan fingerprint density at radius 2 is 1.48 bits per heavy atom. The van der Waals surface area contributed by atoms with E-state index in [-0.39, 0.29) is 5.82 Å². The second-order valence-electron chi connectivity index (χ2n) is 6.95. The molecule has 168 valence electrons. The fourth-order valence-corrected chi connectivity index (χ4v) is 3.32. The molecule has 0 aliphatic carbocycles. The molecule has 0 aromatic heterocycles. The van der Waals surface area contributed by atoms with Crippen molar-refractivity contribution in [3.63, 3.8) is 0 Å². The molecule has 3 rings (SSSR count). The molecule has 1 aliphatic rings. The van der Waals surface area contributed by atoms with Crippen molar-refractivity contribution in [3.05, 3.63) is 59.4 Å². The third-order valence-electron chi connectivity index (χ3n) is 4.82. The van der Waals surface area contributed by atoms with Crippen LogP contribution in [-0.4, -0.2) is 72.4 Å². The molecule has 2 aromatic carbocycles. The summed E-state index contributed by atoms with van der Waals surface area (Å²) in [6.07, 6.45) is 0. The van der Waals surface area contributed by atoms with E-state index in [1.807, 2.05) is 18.2 Å². The zero-order valence-electron chi connectivity index (χ0n) is 17.6. The topological polar surface area (TPSA) is 99.5 Å². The summed E-state index contributed by atoms with van der Waals surface area (Å²) in [7, 11) is 3.34. The Morgan fingerprint density at radius 3 is 2.00 bits per heavy atom. The minimum absolute atomic E-state index is 0.166. The Morgan fingerprint density at radius 1 is 0.903 bits per heavy atom. The summed E-state index contributed by atoms with van der Waals surface area (Å²) in [5.74, 6) is -2.23. The lowest BCUT2D eigenvalue weighted by Gasteiger charge is -2.35. The number of rotatable bonds is 6. The van der Waals surface area contributed by atoms with Crippen LogP contribution in [0.3, 0.4) is 0 Å². The Balaban J connectivity index is 0.000000501. The standard InChI is InChI=1S/C20H25FN2O2.C2H2O4/c1-24-19-8-4-6-17(20(19)25-2)15-23-11-9-22(10-12-23)14-16-5-3-7-18(21)13-16;3-1(4)2(5)6/h3-8,13H,9-12,14-15H2,1-2H3;(H,3,4)(H,5,6). The van der Waals surface area contributed by atoms with E-state index in [1.54, 1.807) is 26.4 Å². The van der Waals surface area contributed by atoms with Gasteiger partial charge in [0.2, 0.25) is 0 Å². The molecule has 0 amide bonds. The van der Waals surface area contributed by atoms with Gasteiger partial charge in [-0.3, -0.25) is 9.80 Å². The third kappa shape index (κ3) is 7.54. The lowest BCUT2D eigenvalue weighted by atomic mass is 10.1. The molecule has 0 saturated carbocycles. The van der Waals surface area contributed by atoms with Gasteiger partial charge in [0.05, 0.1) is 14.2 Å². The number of carboxylic acids is 2. The van der Waals surface area contributed by atoms with Crippen LogP contribution in [0, 0.1) is 5.82 Å². The number of halogens is 1. The first-order valence-corrected chi connectivity index (χ1v) is 9.69. The van der Waals surface area contributed by atoms with Crippen LogP contribution >= 0.6 is 0 Å². The fraction of sp³-hybridized carbons (Fsp3) is 0.364. The van der Waals surface area contributed by atoms with Gasteiger partial charge in [-0.1, -0.05) is 24.3 Å². The van der Waals surface area contributed by atoms with E-state index in [9.17, 15) is 4.39 Å². The van der Waals surface area contributed by atoms with Crippen LogP contribution in [0.25, 0.3) is 0 Å². The number of ether oxygens (including phenoxy) is 2. The maximum absolute atomic E-state index is 13.3. The van der Waals surface area contributed by atoms with Crippen molar-refractivity contribution in [2.45, 2.75) is 13.1 Å². The van der Waals surface area contributed by atoms with Crippen LogP contribution < -0.4 is 9.47 Å². The van der Waals surface area contributed by atoms with Gasteiger partial charge in [0.15, 0.2) is 11.5 Å². The molecular weight excluding hydrogens is 407 g/mol. The summed E-state index contributed by atoms with van der Waals surface area (Å²) in [6.45, 7) is 5.55. The maximum atomic E-state index is 13.3. The number of piperazine rings is 1. The van der Waals surface area contributed by atoms with Crippen molar-refractivity contribution in [2.24, 2.45) is 0 Å². The number of aliphatic carboxylic acids is 2. The van der Waals surface area contributed by atoms with Crippen molar-refractivity contribution in [1.82, 2.24) is 9.80 Å². The maximum Gasteiger partial charge on any atom is 0.414 e. The molecule has 0 bridgehead atoms. The zero-order chi connectivity index (χ0) is 22.8. The third-order valence-corrected chi connectivity index (χ3v) is 4.82. The highest BCUT2D eigenvalue weighted by molar-refractivity contribution is 6.27. The molecule has 31 heavy (non-hydrogen) atoms. The Labute approximate surface area is 180 Å². The molecule has 0 radical (unpaired) electrons. The van der Waals surface area contributed by atoms with Gasteiger partial charge in [-0.15, -0.1) is 0 Å². The summed E-state index contributed by atoms with van der Waals surface area (Å²) < 4.78 is 24.2. The first-order chi connectivity index (χ1) is 14.8. The smallest absolute Gasteiger partial charge is 0.414 e. The van der Waals surface area contributed by atoms with Gasteiger partial charge < -0.3 is 19.7 Å². The van der Waals surface area contributed by atoms with E-state index < -0.39 is 11.9 Å². The molecule has 1 aliphatic heterocycles. The van der Waals surface area contributed by atoms with Crippen molar-refractivity contribution in [3.8, 4) is 11.5 Å². The molecule has 1 heterocycles. The highest BCUT2D eigenvalue weighted by atomic mass is 19.1. The average molecular weight is 434 g/mol. The van der Waals surface area contributed by atoms with Crippen molar-refractivity contribution < 1.29 is 33.7 Å². The van der Waals surface area contributed by atoms with Crippen molar-refractivity contribution >= 4 is 11.9 Å². The number of nitrogens with zero attached hydrogens (tertiary/aromatic N) is 2. The molecule has 0 atom stereocenters. The van der Waals surface area contributed by atoms with E-state index in [2.05, 4.69) is 15.9 Å². The minimum atomic E-state index is -1.82. The lowest BCUT2D eigenvalue weighted by Crippen LogP contribution is -2.45. The first-order valence-electron chi connectivity index (χ1n) is 9.69. The number of para-hydroxylation sites is 1. The number of carboxylic acid groups (broad SMARTS) is 2. The highest BCUT2D eigenvalue weighted by Gasteiger charge is 2.19. The monoisotopic (exact) mass is 434 g/mol. The van der Waals surface area contributed by atoms with Crippen LogP contribution in [0.2, 0.25) is 0 Å². The van der Waals surface area contributed by atoms with Gasteiger partial charge in [-0.05, 0) is 23.8 Å². The molecule has 2 aromatic rings. The minimum Gasteiger partial charge on any atom is -0.493 e. The number of hydrogen-bond donors (Lipinski definition) is 2. The van der Waals surface area contributed by atoms with E-state index in [0.717, 1.165) is 61.9 Å². The molecular formula is C22H27FN2O6. The summed E-state index contributed by atoms with van der Waals surface area (Å²) in [5, 5.41) is 14.8. The Bertz CT molecular complexity index is 872. The van der Waals surface area contributed by atoms with Crippen LogP contribution in [0.15, 0.2) is 42.5 Å². The van der Waals surface area contributed by atoms with Crippen molar-refractivity contribution in [2.75, 3.05) is 40.4 Å². The van der Waals surface area contributed by atoms with Gasteiger partial charge in [0, 0.05) is 44.8 Å². The van der Waals surface area contributed by atoms with Crippen molar-refractivity contribution in [1.29, 1.82) is 0 Å². The molecule has 1 fully saturated rings. The Hall–Kier alpha value is -3.17. The first kappa shape index (κ1) is 24.1. The number of hydrogen-bond acceptors (Lipinski definition) is 6. The number of carbonyl (C=O) groups is 2. The SMILES string of the molecule is COc1cccc(CN2CCN(Cc3cccc(F)c3)CC2)c1OC.O=C(O)C(=O)O. The molecule has 1 saturated heterocycles. The predicted octanol–water partition coefficient (Wildman–Crippen LogP) is 2.32. The van der Waals surface area contributed by atoms with Crippen LogP contribution in [0.5, 0.6) is 11.5 Å². The zero-order valence-corrected chi connectivity index (χ0v) is 17.6. The van der Waals surface area contributed by atoms with Gasteiger partial charge in [0.1, 0.15) is 5.82 Å². The fourth-order valence-electron chi connectivity index (χ4n) is 3.32. The van der Waals surface area contributed by atoms with E-state index in [4.69, 9.17) is 29.3 Å². The molecule has 2 N–H and O–H groups in total. The molecule has 9 heteroatoms. The summed E-state index contributed by atoms with van der Waals surface area (Å²) in [4.78, 5) is 23.0. The second-order valence-corrected chi connectivity index (χ2v) is 6.95. The lowest BCUT2D eigenvalue weighted by molar-refractivity contribution is -0.159.